The lowest BCUT2D eigenvalue weighted by Gasteiger charge is -2.30. The Balaban J connectivity index is 0.00000267. The summed E-state index contributed by atoms with van der Waals surface area (Å²) in [5.41, 5.74) is -0.711. The molecule has 1 aliphatic carbocycles. The van der Waals surface area contributed by atoms with Gasteiger partial charge in [-0.15, -0.1) is 12.4 Å². The van der Waals surface area contributed by atoms with Crippen molar-refractivity contribution in [2.75, 3.05) is 19.6 Å². The van der Waals surface area contributed by atoms with Gasteiger partial charge >= 0.3 is 12.1 Å². The zero-order chi connectivity index (χ0) is 26.6. The maximum Gasteiger partial charge on any atom is 0.417 e. The Bertz CT molecular complexity index is 1110. The Kier molecular flexibility index (Phi) is 12.1. The highest BCUT2D eigenvalue weighted by molar-refractivity contribution is 7.59. The van der Waals surface area contributed by atoms with Crippen LogP contribution in [0.3, 0.4) is 0 Å². The predicted octanol–water partition coefficient (Wildman–Crippen LogP) is 5.62. The van der Waals surface area contributed by atoms with Crippen molar-refractivity contribution in [2.45, 2.75) is 75.8 Å². The number of piperidine rings is 1. The molecule has 1 aromatic carbocycles. The molecular weight excluding hydrogens is 560 g/mol. The van der Waals surface area contributed by atoms with Crippen LogP contribution in [0, 0.1) is 0 Å². The number of aliphatic carboxylic acids is 1. The molecule has 2 heterocycles. The minimum atomic E-state index is -4.58. The summed E-state index contributed by atoms with van der Waals surface area (Å²) in [7, 11) is 0. The van der Waals surface area contributed by atoms with Gasteiger partial charge in [-0.05, 0) is 50.8 Å². The Morgan fingerprint density at radius 1 is 1.13 bits per heavy atom. The first kappa shape index (κ1) is 32.9. The molecular formula is C26H35ClF4N4O3S. The molecule has 0 radical (unpaired) electrons. The van der Waals surface area contributed by atoms with Crippen molar-refractivity contribution in [3.05, 3.63) is 41.6 Å². The second-order valence-electron chi connectivity index (χ2n) is 9.94. The number of carboxylic acids is 1. The largest absolute Gasteiger partial charge is 0.481 e. The van der Waals surface area contributed by atoms with E-state index in [1.54, 1.807) is 0 Å². The highest BCUT2D eigenvalue weighted by Gasteiger charge is 2.35. The van der Waals surface area contributed by atoms with Gasteiger partial charge in [0.25, 0.3) is 5.91 Å². The van der Waals surface area contributed by atoms with Crippen molar-refractivity contribution in [1.29, 1.82) is 0 Å². The molecule has 2 aromatic rings. The van der Waals surface area contributed by atoms with Gasteiger partial charge in [-0.25, -0.2) is 4.39 Å². The number of hydrogen-bond donors (Lipinski definition) is 2. The summed E-state index contributed by atoms with van der Waals surface area (Å²) in [6, 6.07) is 5.72. The van der Waals surface area contributed by atoms with Crippen molar-refractivity contribution < 1.29 is 32.3 Å². The Labute approximate surface area is 238 Å². The number of likely N-dealkylation sites (tertiary alicyclic amines) is 1. The van der Waals surface area contributed by atoms with E-state index < -0.39 is 35.8 Å². The van der Waals surface area contributed by atoms with Crippen molar-refractivity contribution in [1.82, 2.24) is 20.0 Å². The number of alkyl halides is 4. The van der Waals surface area contributed by atoms with E-state index in [9.17, 15) is 32.3 Å². The van der Waals surface area contributed by atoms with Gasteiger partial charge in [0, 0.05) is 24.7 Å². The number of amides is 1. The second kappa shape index (κ2) is 14.4. The van der Waals surface area contributed by atoms with Crippen LogP contribution in [-0.4, -0.2) is 63.5 Å². The maximum atomic E-state index is 13.8. The molecule has 0 spiro atoms. The Morgan fingerprint density at radius 3 is 2.46 bits per heavy atom. The van der Waals surface area contributed by atoms with E-state index in [-0.39, 0.29) is 61.9 Å². The lowest BCUT2D eigenvalue weighted by atomic mass is 10.0. The highest BCUT2D eigenvalue weighted by Crippen LogP contribution is 2.40. The molecule has 1 saturated carbocycles. The monoisotopic (exact) mass is 594 g/mol. The number of carbonyl (C=O) groups excluding carboxylic acids is 1. The zero-order valence-electron chi connectivity index (χ0n) is 21.4. The molecule has 1 aromatic heterocycles. The zero-order valence-corrected chi connectivity index (χ0v) is 23.2. The molecule has 0 unspecified atom stereocenters. The molecule has 2 atom stereocenters. The van der Waals surface area contributed by atoms with Crippen LogP contribution >= 0.6 is 25.9 Å². The summed E-state index contributed by atoms with van der Waals surface area (Å²) in [5.74, 6) is -1.74. The van der Waals surface area contributed by atoms with Crippen LogP contribution < -0.4 is 5.32 Å². The van der Waals surface area contributed by atoms with Crippen molar-refractivity contribution in [3.8, 4) is 11.3 Å². The maximum absolute atomic E-state index is 13.8. The predicted molar refractivity (Wildman–Crippen MR) is 146 cm³/mol. The van der Waals surface area contributed by atoms with Crippen LogP contribution in [0.1, 0.15) is 73.5 Å². The standard InChI is InChI=1S/C26H32F4N4O3.ClH.H2S/c27-17-6-5-12-33(16-17)13-11-18(14-24(35)36)31-25(37)22-15-23(34(32-22)19-7-1-2-8-19)20-9-3-4-10-21(20)26(28,29)30;;/h3-4,9-10,15,17-19H,1-2,5-8,11-14,16H2,(H,31,37)(H,35,36);1H;1H2/t17-,18-;;/m0../s1. The van der Waals surface area contributed by atoms with E-state index in [1.807, 2.05) is 4.90 Å². The molecule has 218 valence electrons. The lowest BCUT2D eigenvalue weighted by Crippen LogP contribution is -2.42. The van der Waals surface area contributed by atoms with E-state index in [1.165, 1.54) is 28.9 Å². The van der Waals surface area contributed by atoms with Gasteiger partial charge in [-0.2, -0.15) is 31.8 Å². The molecule has 0 bridgehead atoms. The minimum absolute atomic E-state index is 0. The van der Waals surface area contributed by atoms with Crippen molar-refractivity contribution >= 4 is 37.8 Å². The Morgan fingerprint density at radius 2 is 1.82 bits per heavy atom. The van der Waals surface area contributed by atoms with Gasteiger partial charge in [0.2, 0.25) is 0 Å². The van der Waals surface area contributed by atoms with E-state index in [0.717, 1.165) is 38.2 Å². The van der Waals surface area contributed by atoms with E-state index in [0.29, 0.717) is 25.9 Å². The summed E-state index contributed by atoms with van der Waals surface area (Å²) in [4.78, 5) is 26.5. The normalized spacial score (nSPS) is 19.1. The van der Waals surface area contributed by atoms with E-state index >= 15 is 0 Å². The second-order valence-corrected chi connectivity index (χ2v) is 9.94. The van der Waals surface area contributed by atoms with Crippen LogP contribution in [-0.2, 0) is 11.0 Å². The van der Waals surface area contributed by atoms with Gasteiger partial charge in [0.15, 0.2) is 5.69 Å². The van der Waals surface area contributed by atoms with Gasteiger partial charge in [0.1, 0.15) is 6.17 Å². The van der Waals surface area contributed by atoms with Crippen molar-refractivity contribution in [2.24, 2.45) is 0 Å². The number of benzene rings is 1. The number of halogens is 5. The number of carboxylic acid groups (broad SMARTS) is 1. The molecule has 2 aliphatic rings. The van der Waals surface area contributed by atoms with Crippen LogP contribution in [0.4, 0.5) is 17.6 Å². The highest BCUT2D eigenvalue weighted by atomic mass is 35.5. The number of nitrogens with one attached hydrogen (secondary N) is 1. The molecule has 1 amide bonds. The summed E-state index contributed by atoms with van der Waals surface area (Å²) in [5, 5.41) is 16.5. The van der Waals surface area contributed by atoms with Crippen molar-refractivity contribution in [3.63, 3.8) is 0 Å². The number of aromatic nitrogens is 2. The molecule has 2 N–H and O–H groups in total. The molecule has 1 saturated heterocycles. The average molecular weight is 595 g/mol. The summed E-state index contributed by atoms with van der Waals surface area (Å²) < 4.78 is 56.6. The van der Waals surface area contributed by atoms with Crippen LogP contribution in [0.5, 0.6) is 0 Å². The Hall–Kier alpha value is -2.31. The quantitative estimate of drug-likeness (QED) is 0.368. The first-order valence-electron chi connectivity index (χ1n) is 12.8. The summed E-state index contributed by atoms with van der Waals surface area (Å²) in [6.45, 7) is 1.42. The molecule has 4 rings (SSSR count). The third-order valence-electron chi connectivity index (χ3n) is 7.15. The average Bonchev–Trinajstić information content (AvgIpc) is 3.52. The van der Waals surface area contributed by atoms with Gasteiger partial charge in [-0.1, -0.05) is 31.0 Å². The number of carbonyl (C=O) groups is 2. The summed E-state index contributed by atoms with van der Waals surface area (Å²) >= 11 is 0. The molecule has 7 nitrogen and oxygen atoms in total. The fourth-order valence-electron chi connectivity index (χ4n) is 5.32. The molecule has 13 heteroatoms. The topological polar surface area (TPSA) is 87.5 Å². The van der Waals surface area contributed by atoms with Crippen LogP contribution in [0.2, 0.25) is 0 Å². The van der Waals surface area contributed by atoms with Crippen LogP contribution in [0.25, 0.3) is 11.3 Å². The smallest absolute Gasteiger partial charge is 0.417 e. The minimum Gasteiger partial charge on any atom is -0.481 e. The van der Waals surface area contributed by atoms with Gasteiger partial charge in [0.05, 0.1) is 23.7 Å². The van der Waals surface area contributed by atoms with E-state index in [4.69, 9.17) is 0 Å². The van der Waals surface area contributed by atoms with E-state index in [2.05, 4.69) is 10.4 Å². The number of rotatable bonds is 9. The number of hydrogen-bond acceptors (Lipinski definition) is 4. The number of nitrogens with zero attached hydrogens (tertiary/aromatic N) is 3. The van der Waals surface area contributed by atoms with Gasteiger partial charge < -0.3 is 15.3 Å². The van der Waals surface area contributed by atoms with Crippen LogP contribution in [0.15, 0.2) is 30.3 Å². The first-order chi connectivity index (χ1) is 17.6. The van der Waals surface area contributed by atoms with Gasteiger partial charge in [-0.3, -0.25) is 14.3 Å². The summed E-state index contributed by atoms with van der Waals surface area (Å²) in [6.07, 6.45) is -0.959. The molecule has 1 aliphatic heterocycles. The fourth-order valence-corrected chi connectivity index (χ4v) is 5.32. The first-order valence-corrected chi connectivity index (χ1v) is 12.8. The fraction of sp³-hybridized carbons (Fsp3) is 0.577. The molecule has 2 fully saturated rings. The molecule has 39 heavy (non-hydrogen) atoms. The lowest BCUT2D eigenvalue weighted by molar-refractivity contribution is -0.138. The third-order valence-corrected chi connectivity index (χ3v) is 7.15. The SMILES string of the molecule is Cl.O=C(O)C[C@H](CCN1CCC[C@H](F)C1)NC(=O)c1cc(-c2ccccc2C(F)(F)F)n(C2CCCC2)n1.S. The third kappa shape index (κ3) is 8.59.